The fraction of sp³-hybridized carbons (Fsp3) is 0.579. The van der Waals surface area contributed by atoms with Crippen LogP contribution in [0, 0.1) is 12.8 Å². The Bertz CT molecular complexity index is 668. The van der Waals surface area contributed by atoms with E-state index in [9.17, 15) is 9.59 Å². The maximum atomic E-state index is 13.0. The average molecular weight is 359 g/mol. The molecule has 1 aromatic rings. The Labute approximate surface area is 153 Å². The lowest BCUT2D eigenvalue weighted by atomic mass is 10.1. The van der Waals surface area contributed by atoms with Gasteiger partial charge in [0.1, 0.15) is 6.04 Å². The molecular formula is C19H25N3O2S. The van der Waals surface area contributed by atoms with Gasteiger partial charge in [0, 0.05) is 43.5 Å². The molecule has 134 valence electrons. The van der Waals surface area contributed by atoms with E-state index in [4.69, 9.17) is 0 Å². The van der Waals surface area contributed by atoms with Crippen molar-refractivity contribution >= 4 is 29.3 Å². The summed E-state index contributed by atoms with van der Waals surface area (Å²) in [5.41, 5.74) is 2.53. The summed E-state index contributed by atoms with van der Waals surface area (Å²) >= 11 is 1.70. The van der Waals surface area contributed by atoms with E-state index in [-0.39, 0.29) is 23.8 Å². The van der Waals surface area contributed by atoms with E-state index in [1.54, 1.807) is 11.8 Å². The highest BCUT2D eigenvalue weighted by Crippen LogP contribution is 2.35. The van der Waals surface area contributed by atoms with Gasteiger partial charge in [0.05, 0.1) is 5.88 Å². The minimum Gasteiger partial charge on any atom is -0.368 e. The number of carbonyl (C=O) groups is 2. The van der Waals surface area contributed by atoms with Crippen LogP contribution in [0.2, 0.25) is 0 Å². The molecule has 0 aromatic heterocycles. The van der Waals surface area contributed by atoms with E-state index < -0.39 is 0 Å². The molecule has 1 atom stereocenters. The number of amides is 2. The third kappa shape index (κ3) is 3.36. The molecule has 2 saturated heterocycles. The van der Waals surface area contributed by atoms with Crippen LogP contribution in [-0.2, 0) is 9.59 Å². The van der Waals surface area contributed by atoms with Gasteiger partial charge < -0.3 is 14.7 Å². The van der Waals surface area contributed by atoms with Crippen molar-refractivity contribution in [3.8, 4) is 0 Å². The number of hydrogen-bond acceptors (Lipinski definition) is 4. The first-order valence-corrected chi connectivity index (χ1v) is 10.3. The van der Waals surface area contributed by atoms with Gasteiger partial charge in [-0.1, -0.05) is 18.2 Å². The van der Waals surface area contributed by atoms with E-state index >= 15 is 0 Å². The molecule has 0 bridgehead atoms. The molecule has 1 aliphatic carbocycles. The van der Waals surface area contributed by atoms with Crippen LogP contribution < -0.4 is 4.90 Å². The Hall–Kier alpha value is -1.69. The summed E-state index contributed by atoms with van der Waals surface area (Å²) in [5, 5.41) is 0. The Balaban J connectivity index is 1.38. The molecule has 2 amide bonds. The van der Waals surface area contributed by atoms with E-state index in [1.807, 2.05) is 9.80 Å². The molecule has 0 N–H and O–H groups in total. The molecule has 6 heteroatoms. The Morgan fingerprint density at radius 1 is 1.04 bits per heavy atom. The van der Waals surface area contributed by atoms with Crippen molar-refractivity contribution in [2.45, 2.75) is 25.8 Å². The number of rotatable bonds is 3. The van der Waals surface area contributed by atoms with Crippen LogP contribution in [0.1, 0.15) is 18.4 Å². The average Bonchev–Trinajstić information content (AvgIpc) is 3.38. The van der Waals surface area contributed by atoms with Crippen molar-refractivity contribution in [3.63, 3.8) is 0 Å². The molecule has 25 heavy (non-hydrogen) atoms. The van der Waals surface area contributed by atoms with E-state index in [0.717, 1.165) is 44.8 Å². The van der Waals surface area contributed by atoms with Crippen molar-refractivity contribution in [1.29, 1.82) is 0 Å². The summed E-state index contributed by atoms with van der Waals surface area (Å²) in [7, 11) is 0. The quantitative estimate of drug-likeness (QED) is 0.828. The second-order valence-electron chi connectivity index (χ2n) is 7.20. The topological polar surface area (TPSA) is 43.9 Å². The smallest absolute Gasteiger partial charge is 0.246 e. The van der Waals surface area contributed by atoms with Crippen molar-refractivity contribution in [2.75, 3.05) is 42.7 Å². The van der Waals surface area contributed by atoms with Gasteiger partial charge in [-0.2, -0.15) is 0 Å². The summed E-state index contributed by atoms with van der Waals surface area (Å²) in [5.74, 6) is 1.95. The van der Waals surface area contributed by atoms with Gasteiger partial charge in [0.2, 0.25) is 11.8 Å². The van der Waals surface area contributed by atoms with Crippen LogP contribution >= 0.6 is 11.8 Å². The number of piperazine rings is 1. The third-order valence-electron chi connectivity index (χ3n) is 5.42. The Kier molecular flexibility index (Phi) is 4.63. The summed E-state index contributed by atoms with van der Waals surface area (Å²) < 4.78 is 0. The van der Waals surface area contributed by atoms with Crippen molar-refractivity contribution in [2.24, 2.45) is 5.92 Å². The predicted molar refractivity (Wildman–Crippen MR) is 101 cm³/mol. The zero-order valence-electron chi connectivity index (χ0n) is 14.7. The molecule has 1 saturated carbocycles. The molecule has 5 nitrogen and oxygen atoms in total. The Morgan fingerprint density at radius 3 is 2.44 bits per heavy atom. The van der Waals surface area contributed by atoms with E-state index in [1.165, 1.54) is 11.3 Å². The third-order valence-corrected chi connectivity index (χ3v) is 6.44. The van der Waals surface area contributed by atoms with Crippen LogP contribution in [0.25, 0.3) is 0 Å². The molecule has 0 spiro atoms. The highest BCUT2D eigenvalue weighted by Gasteiger charge is 2.42. The van der Waals surface area contributed by atoms with Crippen LogP contribution in [0.3, 0.4) is 0 Å². The van der Waals surface area contributed by atoms with Gasteiger partial charge in [0.15, 0.2) is 0 Å². The van der Waals surface area contributed by atoms with E-state index in [0.29, 0.717) is 5.88 Å². The van der Waals surface area contributed by atoms with Crippen LogP contribution in [0.4, 0.5) is 5.69 Å². The fourth-order valence-electron chi connectivity index (χ4n) is 3.73. The second kappa shape index (κ2) is 6.90. The normalized spacial score (nSPS) is 23.9. The second-order valence-corrected chi connectivity index (χ2v) is 8.20. The molecule has 0 radical (unpaired) electrons. The number of thioether (sulfide) groups is 1. The molecule has 2 heterocycles. The minimum absolute atomic E-state index is 0.142. The predicted octanol–water partition coefficient (Wildman–Crippen LogP) is 1.96. The van der Waals surface area contributed by atoms with Gasteiger partial charge in [-0.15, -0.1) is 11.8 Å². The molecule has 4 rings (SSSR count). The number of carbonyl (C=O) groups excluding carboxylic acids is 2. The minimum atomic E-state index is -0.247. The van der Waals surface area contributed by atoms with Crippen molar-refractivity contribution < 1.29 is 9.59 Å². The van der Waals surface area contributed by atoms with E-state index in [2.05, 4.69) is 36.1 Å². The molecule has 3 aliphatic rings. The first kappa shape index (κ1) is 16.8. The molecular weight excluding hydrogens is 334 g/mol. The summed E-state index contributed by atoms with van der Waals surface area (Å²) in [6, 6.07) is 8.15. The highest BCUT2D eigenvalue weighted by molar-refractivity contribution is 7.99. The standard InChI is InChI=1S/C19H25N3O2S/c1-14-4-2-3-5-16(14)20-8-10-21(11-9-20)19(24)17-12-25-13-22(17)18(23)15-6-7-15/h2-5,15,17H,6-13H2,1H3. The van der Waals surface area contributed by atoms with Gasteiger partial charge in [-0.3, -0.25) is 9.59 Å². The number of anilines is 1. The van der Waals surface area contributed by atoms with Gasteiger partial charge in [-0.25, -0.2) is 0 Å². The summed E-state index contributed by atoms with van der Waals surface area (Å²) in [6.07, 6.45) is 1.99. The zero-order valence-corrected chi connectivity index (χ0v) is 15.5. The maximum absolute atomic E-state index is 13.0. The number of hydrogen-bond donors (Lipinski definition) is 0. The number of benzene rings is 1. The summed E-state index contributed by atoms with van der Waals surface area (Å²) in [6.45, 7) is 5.31. The van der Waals surface area contributed by atoms with Gasteiger partial charge in [0.25, 0.3) is 0 Å². The monoisotopic (exact) mass is 359 g/mol. The van der Waals surface area contributed by atoms with Crippen LogP contribution in [0.5, 0.6) is 0 Å². The lowest BCUT2D eigenvalue weighted by Crippen LogP contribution is -2.55. The van der Waals surface area contributed by atoms with Gasteiger partial charge in [-0.05, 0) is 31.4 Å². The summed E-state index contributed by atoms with van der Waals surface area (Å²) in [4.78, 5) is 31.5. The molecule has 2 aliphatic heterocycles. The van der Waals surface area contributed by atoms with Crippen LogP contribution in [-0.4, -0.2) is 65.5 Å². The first-order chi connectivity index (χ1) is 12.1. The number of para-hydroxylation sites is 1. The van der Waals surface area contributed by atoms with Crippen molar-refractivity contribution in [1.82, 2.24) is 9.80 Å². The molecule has 3 fully saturated rings. The molecule has 1 unspecified atom stereocenters. The SMILES string of the molecule is Cc1ccccc1N1CCN(C(=O)C2CSCN2C(=O)C2CC2)CC1. The van der Waals surface area contributed by atoms with Crippen LogP contribution in [0.15, 0.2) is 24.3 Å². The highest BCUT2D eigenvalue weighted by atomic mass is 32.2. The first-order valence-electron chi connectivity index (χ1n) is 9.13. The fourth-order valence-corrected chi connectivity index (χ4v) is 4.88. The lowest BCUT2D eigenvalue weighted by molar-refractivity contribution is -0.144. The Morgan fingerprint density at radius 2 is 1.76 bits per heavy atom. The number of nitrogens with zero attached hydrogens (tertiary/aromatic N) is 3. The largest absolute Gasteiger partial charge is 0.368 e. The maximum Gasteiger partial charge on any atom is 0.246 e. The molecule has 1 aromatic carbocycles. The van der Waals surface area contributed by atoms with Crippen molar-refractivity contribution in [3.05, 3.63) is 29.8 Å². The van der Waals surface area contributed by atoms with Gasteiger partial charge >= 0.3 is 0 Å². The lowest BCUT2D eigenvalue weighted by Gasteiger charge is -2.38. The number of aryl methyl sites for hydroxylation is 1. The zero-order chi connectivity index (χ0) is 17.4.